The third kappa shape index (κ3) is 6.55. The molecule has 0 bridgehead atoms. The molecule has 33 heavy (non-hydrogen) atoms. The van der Waals surface area contributed by atoms with E-state index in [1.807, 2.05) is 6.92 Å². The van der Waals surface area contributed by atoms with Crippen LogP contribution < -0.4 is 14.8 Å². The van der Waals surface area contributed by atoms with E-state index in [1.165, 1.54) is 19.2 Å². The summed E-state index contributed by atoms with van der Waals surface area (Å²) in [5, 5.41) is 11.8. The van der Waals surface area contributed by atoms with Gasteiger partial charge in [-0.3, -0.25) is 4.79 Å². The van der Waals surface area contributed by atoms with Crippen molar-refractivity contribution in [3.63, 3.8) is 0 Å². The van der Waals surface area contributed by atoms with Crippen LogP contribution in [0.1, 0.15) is 18.3 Å². The van der Waals surface area contributed by atoms with Crippen LogP contribution in [0.15, 0.2) is 47.6 Å². The van der Waals surface area contributed by atoms with Crippen LogP contribution >= 0.6 is 23.4 Å². The fourth-order valence-electron chi connectivity index (χ4n) is 2.85. The van der Waals surface area contributed by atoms with Gasteiger partial charge in [-0.25, -0.2) is 0 Å². The molecule has 3 aromatic rings. The van der Waals surface area contributed by atoms with Crippen LogP contribution in [0, 0.1) is 0 Å². The fraction of sp³-hybridized carbons (Fsp3) is 0.286. The highest BCUT2D eigenvalue weighted by Crippen LogP contribution is 2.32. The van der Waals surface area contributed by atoms with E-state index in [4.69, 9.17) is 21.1 Å². The van der Waals surface area contributed by atoms with Crippen molar-refractivity contribution in [3.05, 3.63) is 58.9 Å². The summed E-state index contributed by atoms with van der Waals surface area (Å²) in [6, 6.07) is 9.49. The van der Waals surface area contributed by atoms with E-state index < -0.39 is 11.7 Å². The van der Waals surface area contributed by atoms with Gasteiger partial charge in [0.2, 0.25) is 5.91 Å². The molecule has 0 saturated heterocycles. The molecule has 0 fully saturated rings. The number of hydrogen-bond donors (Lipinski definition) is 1. The minimum Gasteiger partial charge on any atom is -0.495 e. The summed E-state index contributed by atoms with van der Waals surface area (Å²) in [6.45, 7) is 2.27. The number of carbonyl (C=O) groups excluding carboxylic acids is 1. The Morgan fingerprint density at radius 1 is 1.21 bits per heavy atom. The molecular formula is C21H20ClF3N4O3S. The molecule has 0 spiro atoms. The summed E-state index contributed by atoms with van der Waals surface area (Å²) < 4.78 is 51.0. The predicted octanol–water partition coefficient (Wildman–Crippen LogP) is 5.29. The number of hydrogen-bond acceptors (Lipinski definition) is 6. The smallest absolute Gasteiger partial charge is 0.416 e. The van der Waals surface area contributed by atoms with Crippen LogP contribution in [0.5, 0.6) is 11.5 Å². The van der Waals surface area contributed by atoms with Gasteiger partial charge < -0.3 is 19.4 Å². The van der Waals surface area contributed by atoms with Gasteiger partial charge in [0.1, 0.15) is 18.1 Å². The largest absolute Gasteiger partial charge is 0.495 e. The summed E-state index contributed by atoms with van der Waals surface area (Å²) in [4.78, 5) is 12.4. The third-order valence-corrected chi connectivity index (χ3v) is 5.61. The standard InChI is InChI=1S/C21H20ClF3N4O3S/c1-3-29-18(11-32-15-6-4-5-13(9-15)21(23,24)25)27-28-20(29)33-12-19(30)26-16-10-14(22)7-8-17(16)31-2/h4-10H,3,11-12H2,1-2H3,(H,26,30). The predicted molar refractivity (Wildman–Crippen MR) is 119 cm³/mol. The molecule has 1 amide bonds. The number of nitrogens with zero attached hydrogens (tertiary/aromatic N) is 3. The Morgan fingerprint density at radius 3 is 2.70 bits per heavy atom. The molecule has 1 aromatic heterocycles. The molecule has 1 heterocycles. The highest BCUT2D eigenvalue weighted by atomic mass is 35.5. The lowest BCUT2D eigenvalue weighted by molar-refractivity contribution is -0.137. The van der Waals surface area contributed by atoms with Crippen molar-refractivity contribution < 1.29 is 27.4 Å². The molecule has 12 heteroatoms. The first-order valence-electron chi connectivity index (χ1n) is 9.69. The van der Waals surface area contributed by atoms with Crippen molar-refractivity contribution in [2.24, 2.45) is 0 Å². The van der Waals surface area contributed by atoms with E-state index in [0.29, 0.717) is 34.0 Å². The minimum atomic E-state index is -4.46. The van der Waals surface area contributed by atoms with Crippen LogP contribution in [-0.2, 0) is 24.1 Å². The number of ether oxygens (including phenoxy) is 2. The van der Waals surface area contributed by atoms with Crippen molar-refractivity contribution in [3.8, 4) is 11.5 Å². The first-order chi connectivity index (χ1) is 15.7. The number of carbonyl (C=O) groups is 1. The van der Waals surface area contributed by atoms with E-state index in [9.17, 15) is 18.0 Å². The van der Waals surface area contributed by atoms with Crippen molar-refractivity contribution >= 4 is 35.0 Å². The Morgan fingerprint density at radius 2 is 2.00 bits per heavy atom. The van der Waals surface area contributed by atoms with E-state index in [2.05, 4.69) is 15.5 Å². The summed E-state index contributed by atoms with van der Waals surface area (Å²) in [7, 11) is 1.49. The molecule has 176 valence electrons. The monoisotopic (exact) mass is 500 g/mol. The molecule has 0 unspecified atom stereocenters. The summed E-state index contributed by atoms with van der Waals surface area (Å²) in [6.07, 6.45) is -4.46. The maximum Gasteiger partial charge on any atom is 0.416 e. The van der Waals surface area contributed by atoms with Crippen LogP contribution in [0.2, 0.25) is 5.02 Å². The van der Waals surface area contributed by atoms with Gasteiger partial charge in [0, 0.05) is 11.6 Å². The average molecular weight is 501 g/mol. The molecule has 0 radical (unpaired) electrons. The lowest BCUT2D eigenvalue weighted by Gasteiger charge is -2.12. The third-order valence-electron chi connectivity index (χ3n) is 4.41. The van der Waals surface area contributed by atoms with E-state index in [0.717, 1.165) is 23.9 Å². The lowest BCUT2D eigenvalue weighted by Crippen LogP contribution is -2.15. The second-order valence-corrected chi connectivity index (χ2v) is 8.02. The van der Waals surface area contributed by atoms with Crippen molar-refractivity contribution in [2.45, 2.75) is 31.4 Å². The summed E-state index contributed by atoms with van der Waals surface area (Å²) >= 11 is 7.14. The van der Waals surface area contributed by atoms with Gasteiger partial charge >= 0.3 is 6.18 Å². The number of benzene rings is 2. The number of aromatic nitrogens is 3. The van der Waals surface area contributed by atoms with Crippen LogP contribution in [0.25, 0.3) is 0 Å². The van der Waals surface area contributed by atoms with Crippen molar-refractivity contribution in [1.29, 1.82) is 0 Å². The fourth-order valence-corrected chi connectivity index (χ4v) is 3.85. The van der Waals surface area contributed by atoms with Gasteiger partial charge in [-0.15, -0.1) is 10.2 Å². The zero-order valence-electron chi connectivity index (χ0n) is 17.6. The van der Waals surface area contributed by atoms with Gasteiger partial charge in [-0.1, -0.05) is 29.4 Å². The molecule has 0 atom stereocenters. The highest BCUT2D eigenvalue weighted by molar-refractivity contribution is 7.99. The Balaban J connectivity index is 1.62. The Hall–Kier alpha value is -2.92. The zero-order chi connectivity index (χ0) is 24.0. The summed E-state index contributed by atoms with van der Waals surface area (Å²) in [5.74, 6) is 0.716. The van der Waals surface area contributed by atoms with Gasteiger partial charge in [-0.05, 0) is 43.3 Å². The second-order valence-electron chi connectivity index (χ2n) is 6.64. The minimum absolute atomic E-state index is 0.0439. The first-order valence-corrected chi connectivity index (χ1v) is 11.1. The molecule has 3 rings (SSSR count). The molecule has 0 aliphatic carbocycles. The lowest BCUT2D eigenvalue weighted by atomic mass is 10.2. The number of amides is 1. The second kappa shape index (κ2) is 10.8. The normalized spacial score (nSPS) is 11.3. The highest BCUT2D eigenvalue weighted by Gasteiger charge is 2.30. The van der Waals surface area contributed by atoms with Crippen molar-refractivity contribution in [1.82, 2.24) is 14.8 Å². The molecule has 0 saturated carbocycles. The number of rotatable bonds is 9. The Bertz CT molecular complexity index is 1120. The van der Waals surface area contributed by atoms with E-state index >= 15 is 0 Å². The molecular weight excluding hydrogens is 481 g/mol. The zero-order valence-corrected chi connectivity index (χ0v) is 19.2. The van der Waals surface area contributed by atoms with Crippen molar-refractivity contribution in [2.75, 3.05) is 18.2 Å². The number of anilines is 1. The van der Waals surface area contributed by atoms with Gasteiger partial charge in [0.25, 0.3) is 0 Å². The van der Waals surface area contributed by atoms with Crippen LogP contribution in [0.3, 0.4) is 0 Å². The maximum atomic E-state index is 12.9. The number of methoxy groups -OCH3 is 1. The molecule has 1 N–H and O–H groups in total. The quantitative estimate of drug-likeness (QED) is 0.402. The van der Waals surface area contributed by atoms with Gasteiger partial charge in [0.15, 0.2) is 11.0 Å². The first kappa shape index (κ1) is 24.7. The SMILES string of the molecule is CCn1c(COc2cccc(C(F)(F)F)c2)nnc1SCC(=O)Nc1cc(Cl)ccc1OC. The van der Waals surface area contributed by atoms with Crippen LogP contribution in [0.4, 0.5) is 18.9 Å². The molecule has 7 nitrogen and oxygen atoms in total. The molecule has 0 aliphatic rings. The molecule has 2 aromatic carbocycles. The van der Waals surface area contributed by atoms with Crippen LogP contribution in [-0.4, -0.2) is 33.5 Å². The maximum absolute atomic E-state index is 12.9. The van der Waals surface area contributed by atoms with E-state index in [-0.39, 0.29) is 24.0 Å². The number of halogens is 4. The topological polar surface area (TPSA) is 78.3 Å². The van der Waals surface area contributed by atoms with Gasteiger partial charge in [-0.2, -0.15) is 13.2 Å². The Labute approximate surface area is 197 Å². The van der Waals surface area contributed by atoms with Gasteiger partial charge in [0.05, 0.1) is 24.1 Å². The number of thioether (sulfide) groups is 1. The number of alkyl halides is 3. The average Bonchev–Trinajstić information content (AvgIpc) is 3.18. The Kier molecular flexibility index (Phi) is 8.09. The summed E-state index contributed by atoms with van der Waals surface area (Å²) in [5.41, 5.74) is -0.349. The van der Waals surface area contributed by atoms with E-state index in [1.54, 1.807) is 22.8 Å². The molecule has 0 aliphatic heterocycles. The number of nitrogens with one attached hydrogen (secondary N) is 1.